The lowest BCUT2D eigenvalue weighted by molar-refractivity contribution is -0.147. The van der Waals surface area contributed by atoms with Gasteiger partial charge in [-0.1, -0.05) is 0 Å². The third-order valence-corrected chi connectivity index (χ3v) is 7.07. The molecule has 0 fully saturated rings. The van der Waals surface area contributed by atoms with Crippen molar-refractivity contribution < 1.29 is 39.6 Å². The summed E-state index contributed by atoms with van der Waals surface area (Å²) in [5.41, 5.74) is 11.9. The van der Waals surface area contributed by atoms with Crippen LogP contribution in [0.25, 0.3) is 0 Å². The van der Waals surface area contributed by atoms with Crippen LogP contribution in [0.3, 0.4) is 0 Å². The summed E-state index contributed by atoms with van der Waals surface area (Å²) < 4.78 is 0. The molecule has 0 saturated heterocycles. The van der Waals surface area contributed by atoms with Gasteiger partial charge >= 0.3 is 0 Å². The van der Waals surface area contributed by atoms with Gasteiger partial charge in [-0.15, -0.1) is 0 Å². The van der Waals surface area contributed by atoms with Crippen LogP contribution in [-0.4, -0.2) is 62.0 Å². The molecule has 12 heteroatoms. The van der Waals surface area contributed by atoms with E-state index in [1.54, 1.807) is 0 Å². The van der Waals surface area contributed by atoms with Crippen LogP contribution >= 0.6 is 0 Å². The SMILES string of the molecule is CC(=O)NC[C@@]12Cc3c(N)ccc(O)c3C(=O)C1=C(O)[C@]1(O)C(=O)C(C(N)=O)=C(O)[C@@H](N)[C@@H]1C2. The summed E-state index contributed by atoms with van der Waals surface area (Å²) in [6.07, 6.45) is -0.346. The van der Waals surface area contributed by atoms with Crippen molar-refractivity contribution in [3.05, 3.63) is 45.9 Å². The number of rotatable bonds is 3. The van der Waals surface area contributed by atoms with E-state index in [9.17, 15) is 39.6 Å². The molecule has 0 spiro atoms. The number of phenols is 1. The Hall–Kier alpha value is -3.90. The molecule has 0 radical (unpaired) electrons. The summed E-state index contributed by atoms with van der Waals surface area (Å²) >= 11 is 0. The smallest absolute Gasteiger partial charge is 0.255 e. The Morgan fingerprint density at radius 3 is 2.44 bits per heavy atom. The first-order chi connectivity index (χ1) is 15.8. The number of anilines is 1. The molecule has 0 bridgehead atoms. The fraction of sp³-hybridized carbons (Fsp3) is 0.364. The van der Waals surface area contributed by atoms with Gasteiger partial charge in [0.05, 0.1) is 11.6 Å². The lowest BCUT2D eigenvalue weighted by Gasteiger charge is -2.53. The van der Waals surface area contributed by atoms with Crippen molar-refractivity contribution in [1.82, 2.24) is 5.32 Å². The number of benzene rings is 1. The van der Waals surface area contributed by atoms with Crippen molar-refractivity contribution in [2.45, 2.75) is 31.4 Å². The van der Waals surface area contributed by atoms with Crippen LogP contribution in [0.1, 0.15) is 29.3 Å². The Bertz CT molecular complexity index is 1250. The number of carbonyl (C=O) groups is 4. The van der Waals surface area contributed by atoms with Crippen LogP contribution in [0.15, 0.2) is 34.8 Å². The molecule has 12 nitrogen and oxygen atoms in total. The first-order valence-electron chi connectivity index (χ1n) is 10.4. The standard InChI is InChI=1S/C22H24N4O8/c1-7(27)26-6-21-4-8-10(23)2-3-11(28)12(8)16(29)14(21)19(32)22(34)9(5-21)15(24)17(30)13(18(22)31)20(25)33/h2-3,9,15,28,30,32,34H,4-6,23-24H2,1H3,(H2,25,33)(H,26,27)/t9-,15-,21-,22+/m0/s1. The van der Waals surface area contributed by atoms with Gasteiger partial charge < -0.3 is 42.9 Å². The number of amides is 2. The Kier molecular flexibility index (Phi) is 5.00. The minimum Gasteiger partial charge on any atom is -0.510 e. The van der Waals surface area contributed by atoms with Crippen molar-refractivity contribution in [3.63, 3.8) is 0 Å². The van der Waals surface area contributed by atoms with Crippen molar-refractivity contribution in [1.29, 1.82) is 0 Å². The van der Waals surface area contributed by atoms with E-state index in [2.05, 4.69) is 5.32 Å². The molecule has 2 amide bonds. The average Bonchev–Trinajstić information content (AvgIpc) is 2.75. The van der Waals surface area contributed by atoms with E-state index in [1.165, 1.54) is 19.1 Å². The first-order valence-corrected chi connectivity index (χ1v) is 10.4. The van der Waals surface area contributed by atoms with Gasteiger partial charge in [0.1, 0.15) is 22.8 Å². The van der Waals surface area contributed by atoms with Crippen molar-refractivity contribution >= 4 is 29.1 Å². The van der Waals surface area contributed by atoms with Crippen molar-refractivity contribution in [2.24, 2.45) is 22.8 Å². The highest BCUT2D eigenvalue weighted by Gasteiger charge is 2.65. The number of carbonyl (C=O) groups excluding carboxylic acids is 4. The molecule has 4 rings (SSSR count). The van der Waals surface area contributed by atoms with Gasteiger partial charge in [0, 0.05) is 36.1 Å². The number of nitrogen functional groups attached to an aromatic ring is 1. The molecule has 11 N–H and O–H groups in total. The molecule has 3 aliphatic rings. The van der Waals surface area contributed by atoms with Crippen LogP contribution in [0.2, 0.25) is 0 Å². The topological polar surface area (TPSA) is 239 Å². The maximum Gasteiger partial charge on any atom is 0.255 e. The van der Waals surface area contributed by atoms with Gasteiger partial charge in [-0.25, -0.2) is 0 Å². The van der Waals surface area contributed by atoms with Gasteiger partial charge in [-0.05, 0) is 30.5 Å². The van der Waals surface area contributed by atoms with E-state index in [4.69, 9.17) is 17.2 Å². The summed E-state index contributed by atoms with van der Waals surface area (Å²) in [5.74, 6) is -7.91. The number of aliphatic hydroxyl groups excluding tert-OH is 2. The number of ketones is 2. The van der Waals surface area contributed by atoms with Gasteiger partial charge in [0.15, 0.2) is 11.4 Å². The molecule has 0 unspecified atom stereocenters. The lowest BCUT2D eigenvalue weighted by Crippen LogP contribution is -2.66. The lowest BCUT2D eigenvalue weighted by atomic mass is 9.52. The predicted octanol–water partition coefficient (Wildman–Crippen LogP) is -1.39. The molecule has 34 heavy (non-hydrogen) atoms. The molecule has 180 valence electrons. The van der Waals surface area contributed by atoms with E-state index in [0.717, 1.165) is 0 Å². The molecule has 0 aliphatic heterocycles. The second-order valence-corrected chi connectivity index (χ2v) is 9.00. The quantitative estimate of drug-likeness (QED) is 0.145. The molecular weight excluding hydrogens is 448 g/mol. The molecule has 0 heterocycles. The Morgan fingerprint density at radius 1 is 1.21 bits per heavy atom. The molecule has 1 aromatic carbocycles. The number of aromatic hydroxyl groups is 1. The second-order valence-electron chi connectivity index (χ2n) is 9.00. The number of Topliss-reactive ketones (excluding diaryl/α,β-unsaturated/α-hetero) is 2. The average molecular weight is 472 g/mol. The Balaban J connectivity index is 2.04. The van der Waals surface area contributed by atoms with E-state index in [-0.39, 0.29) is 36.2 Å². The van der Waals surface area contributed by atoms with E-state index >= 15 is 0 Å². The third kappa shape index (κ3) is 2.85. The highest BCUT2D eigenvalue weighted by Crippen LogP contribution is 2.57. The second kappa shape index (κ2) is 7.30. The molecule has 1 aromatic rings. The number of fused-ring (bicyclic) bond motifs is 3. The monoisotopic (exact) mass is 472 g/mol. The number of aliphatic hydroxyl groups is 3. The summed E-state index contributed by atoms with van der Waals surface area (Å²) in [6, 6.07) is 1.07. The predicted molar refractivity (Wildman–Crippen MR) is 116 cm³/mol. The van der Waals surface area contributed by atoms with Crippen molar-refractivity contribution in [2.75, 3.05) is 12.3 Å². The highest BCUT2D eigenvalue weighted by atomic mass is 16.3. The van der Waals surface area contributed by atoms with E-state index in [0.29, 0.717) is 0 Å². The largest absolute Gasteiger partial charge is 0.510 e. The minimum absolute atomic E-state index is 0.0748. The summed E-state index contributed by atoms with van der Waals surface area (Å²) in [5, 5.41) is 46.1. The summed E-state index contributed by atoms with van der Waals surface area (Å²) in [4.78, 5) is 50.3. The zero-order valence-corrected chi connectivity index (χ0v) is 18.1. The minimum atomic E-state index is -2.85. The number of hydrogen-bond donors (Lipinski definition) is 8. The molecule has 4 atom stereocenters. The normalized spacial score (nSPS) is 30.4. The number of phenolic OH excluding ortho intramolecular Hbond substituents is 1. The van der Waals surface area contributed by atoms with Crippen molar-refractivity contribution in [3.8, 4) is 5.75 Å². The Morgan fingerprint density at radius 2 is 1.85 bits per heavy atom. The Labute approximate surface area is 192 Å². The maximum atomic E-state index is 13.6. The molecule has 0 saturated carbocycles. The number of primary amides is 1. The summed E-state index contributed by atoms with van der Waals surface area (Å²) in [6.45, 7) is 1.02. The zero-order valence-electron chi connectivity index (χ0n) is 18.1. The van der Waals surface area contributed by atoms with Gasteiger partial charge in [0.25, 0.3) is 5.91 Å². The van der Waals surface area contributed by atoms with Crippen LogP contribution in [0, 0.1) is 11.3 Å². The van der Waals surface area contributed by atoms with Gasteiger partial charge in [-0.3, -0.25) is 19.2 Å². The van der Waals surface area contributed by atoms with E-state index in [1.807, 2.05) is 0 Å². The number of nitrogens with one attached hydrogen (secondary N) is 1. The fourth-order valence-corrected chi connectivity index (χ4v) is 5.44. The van der Waals surface area contributed by atoms with E-state index < -0.39 is 74.8 Å². The summed E-state index contributed by atoms with van der Waals surface area (Å²) in [7, 11) is 0. The first kappa shape index (κ1) is 23.3. The molecular formula is C22H24N4O8. The van der Waals surface area contributed by atoms with Gasteiger partial charge in [0.2, 0.25) is 11.7 Å². The molecule has 0 aromatic heterocycles. The third-order valence-electron chi connectivity index (χ3n) is 7.07. The van der Waals surface area contributed by atoms with Crippen LogP contribution in [0.4, 0.5) is 5.69 Å². The highest BCUT2D eigenvalue weighted by molar-refractivity contribution is 6.25. The number of hydrogen-bond acceptors (Lipinski definition) is 10. The number of nitrogens with two attached hydrogens (primary N) is 3. The molecule has 3 aliphatic carbocycles. The van der Waals surface area contributed by atoms with Crippen LogP contribution < -0.4 is 22.5 Å². The van der Waals surface area contributed by atoms with Gasteiger partial charge in [-0.2, -0.15) is 0 Å². The van der Waals surface area contributed by atoms with Crippen LogP contribution in [-0.2, 0) is 20.8 Å². The zero-order chi connectivity index (χ0) is 25.3. The fourth-order valence-electron chi connectivity index (χ4n) is 5.44. The van der Waals surface area contributed by atoms with Crippen LogP contribution in [0.5, 0.6) is 5.75 Å². The maximum absolute atomic E-state index is 13.6.